The van der Waals surface area contributed by atoms with E-state index in [1.54, 1.807) is 49.9 Å². The lowest BCUT2D eigenvalue weighted by atomic mass is 9.97. The van der Waals surface area contributed by atoms with Gasteiger partial charge in [0.1, 0.15) is 5.60 Å². The average Bonchev–Trinajstić information content (AvgIpc) is 3.06. The number of rotatable bonds is 4. The first-order valence-corrected chi connectivity index (χ1v) is 10.00. The number of carbonyl (C=O) groups is 2. The monoisotopic (exact) mass is 423 g/mol. The first-order chi connectivity index (χ1) is 14.1. The third kappa shape index (κ3) is 4.88. The van der Waals surface area contributed by atoms with Gasteiger partial charge in [0.2, 0.25) is 0 Å². The summed E-state index contributed by atoms with van der Waals surface area (Å²) in [5, 5.41) is 0. The lowest BCUT2D eigenvalue weighted by Crippen LogP contribution is -2.43. The molecule has 2 heterocycles. The smallest absolute Gasteiger partial charge is 0.410 e. The molecule has 1 unspecified atom stereocenters. The van der Waals surface area contributed by atoms with Crippen molar-refractivity contribution in [2.24, 2.45) is 5.92 Å². The van der Waals surface area contributed by atoms with Crippen molar-refractivity contribution in [1.29, 1.82) is 0 Å². The zero-order chi connectivity index (χ0) is 22.1. The third-order valence-corrected chi connectivity index (χ3v) is 4.95. The second-order valence-electron chi connectivity index (χ2n) is 8.43. The second kappa shape index (κ2) is 8.57. The molecule has 1 aromatic carbocycles. The third-order valence-electron chi connectivity index (χ3n) is 4.95. The molecule has 1 saturated heterocycles. The van der Waals surface area contributed by atoms with Crippen LogP contribution in [0.5, 0.6) is 0 Å². The number of esters is 1. The summed E-state index contributed by atoms with van der Waals surface area (Å²) in [6, 6.07) is 6.56. The predicted octanol–water partition coefficient (Wildman–Crippen LogP) is 4.68. The molecule has 9 heteroatoms. The Morgan fingerprint density at radius 1 is 1.17 bits per heavy atom. The first-order valence-electron chi connectivity index (χ1n) is 10.00. The van der Waals surface area contributed by atoms with Crippen LogP contribution in [0.3, 0.4) is 0 Å². The van der Waals surface area contributed by atoms with Crippen molar-refractivity contribution < 1.29 is 27.8 Å². The molecule has 1 aliphatic rings. The second-order valence-corrected chi connectivity index (χ2v) is 8.43. The zero-order valence-electron chi connectivity index (χ0n) is 17.6. The Morgan fingerprint density at radius 3 is 2.40 bits per heavy atom. The fourth-order valence-corrected chi connectivity index (χ4v) is 3.50. The minimum absolute atomic E-state index is 0.00532. The molecule has 1 aliphatic heterocycles. The molecule has 0 radical (unpaired) electrons. The molecule has 2 aromatic rings. The number of aromatic nitrogens is 2. The minimum Gasteiger partial charge on any atom is -0.454 e. The van der Waals surface area contributed by atoms with Gasteiger partial charge in [-0.2, -0.15) is 8.78 Å². The number of imidazole rings is 1. The summed E-state index contributed by atoms with van der Waals surface area (Å²) in [5.41, 5.74) is 0.121. The summed E-state index contributed by atoms with van der Waals surface area (Å²) in [4.78, 5) is 30.5. The SMILES string of the molecule is CC(OC(=O)C1CCN(C(=O)OC(C)(C)C)CC1)c1nc2ccccc2n1C(F)F. The van der Waals surface area contributed by atoms with Crippen LogP contribution < -0.4 is 0 Å². The molecule has 3 rings (SSSR count). The van der Waals surface area contributed by atoms with Crippen LogP contribution in [-0.2, 0) is 14.3 Å². The van der Waals surface area contributed by atoms with Gasteiger partial charge in [0.15, 0.2) is 11.9 Å². The van der Waals surface area contributed by atoms with Gasteiger partial charge in [-0.3, -0.25) is 9.36 Å². The standard InChI is InChI=1S/C21H27F2N3O4/c1-13(17-24-15-7-5-6-8-16(15)26(17)19(22)23)29-18(27)14-9-11-25(12-10-14)20(28)30-21(2,3)4/h5-8,13-14,19H,9-12H2,1-4H3. The number of piperidine rings is 1. The van der Waals surface area contributed by atoms with Gasteiger partial charge in [0.05, 0.1) is 17.0 Å². The van der Waals surface area contributed by atoms with Gasteiger partial charge in [-0.05, 0) is 52.7 Å². The molecule has 1 amide bonds. The number of hydrogen-bond donors (Lipinski definition) is 0. The van der Waals surface area contributed by atoms with Crippen molar-refractivity contribution in [3.63, 3.8) is 0 Å². The van der Waals surface area contributed by atoms with E-state index < -0.39 is 36.2 Å². The summed E-state index contributed by atoms with van der Waals surface area (Å²) in [5.74, 6) is -0.875. The number of para-hydroxylation sites is 2. The van der Waals surface area contributed by atoms with Crippen molar-refractivity contribution in [2.75, 3.05) is 13.1 Å². The Balaban J connectivity index is 1.63. The van der Waals surface area contributed by atoms with Gasteiger partial charge in [0, 0.05) is 13.1 Å². The van der Waals surface area contributed by atoms with Crippen LogP contribution in [0, 0.1) is 5.92 Å². The Kier molecular flexibility index (Phi) is 6.28. The van der Waals surface area contributed by atoms with Gasteiger partial charge in [-0.25, -0.2) is 9.78 Å². The molecule has 0 spiro atoms. The highest BCUT2D eigenvalue weighted by Crippen LogP contribution is 2.29. The van der Waals surface area contributed by atoms with E-state index in [1.807, 2.05) is 0 Å². The number of hydrogen-bond acceptors (Lipinski definition) is 5. The van der Waals surface area contributed by atoms with Gasteiger partial charge in [-0.1, -0.05) is 12.1 Å². The highest BCUT2D eigenvalue weighted by Gasteiger charge is 2.32. The number of benzene rings is 1. The first kappa shape index (κ1) is 22.0. The predicted molar refractivity (Wildman–Crippen MR) is 106 cm³/mol. The Hall–Kier alpha value is -2.71. The van der Waals surface area contributed by atoms with E-state index in [9.17, 15) is 18.4 Å². The van der Waals surface area contributed by atoms with Crippen molar-refractivity contribution in [1.82, 2.24) is 14.5 Å². The van der Waals surface area contributed by atoms with Crippen LogP contribution >= 0.6 is 0 Å². The minimum atomic E-state index is -2.80. The number of likely N-dealkylation sites (tertiary alicyclic amines) is 1. The topological polar surface area (TPSA) is 73.7 Å². The normalized spacial score (nSPS) is 16.7. The quantitative estimate of drug-likeness (QED) is 0.668. The molecule has 1 fully saturated rings. The van der Waals surface area contributed by atoms with E-state index in [0.717, 1.165) is 4.57 Å². The number of halogens is 2. The average molecular weight is 423 g/mol. The number of amides is 1. The summed E-state index contributed by atoms with van der Waals surface area (Å²) in [6.07, 6.45) is -0.484. The molecular weight excluding hydrogens is 396 g/mol. The number of alkyl halides is 2. The van der Waals surface area contributed by atoms with Crippen LogP contribution in [0.2, 0.25) is 0 Å². The number of fused-ring (bicyclic) bond motifs is 1. The molecule has 0 saturated carbocycles. The highest BCUT2D eigenvalue weighted by atomic mass is 19.3. The molecular formula is C21H27F2N3O4. The van der Waals surface area contributed by atoms with Gasteiger partial charge >= 0.3 is 18.6 Å². The van der Waals surface area contributed by atoms with E-state index in [0.29, 0.717) is 31.4 Å². The summed E-state index contributed by atoms with van der Waals surface area (Å²) < 4.78 is 38.8. The lowest BCUT2D eigenvalue weighted by Gasteiger charge is -2.32. The van der Waals surface area contributed by atoms with Crippen LogP contribution in [0.25, 0.3) is 11.0 Å². The van der Waals surface area contributed by atoms with Crippen LogP contribution in [0.4, 0.5) is 13.6 Å². The van der Waals surface area contributed by atoms with Crippen LogP contribution in [-0.4, -0.2) is 45.2 Å². The maximum Gasteiger partial charge on any atom is 0.410 e. The fourth-order valence-electron chi connectivity index (χ4n) is 3.50. The van der Waals surface area contributed by atoms with E-state index in [1.165, 1.54) is 6.92 Å². The summed E-state index contributed by atoms with van der Waals surface area (Å²) in [7, 11) is 0. The van der Waals surface area contributed by atoms with E-state index in [-0.39, 0.29) is 11.3 Å². The van der Waals surface area contributed by atoms with E-state index >= 15 is 0 Å². The van der Waals surface area contributed by atoms with Gasteiger partial charge in [0.25, 0.3) is 0 Å². The number of ether oxygens (including phenoxy) is 2. The largest absolute Gasteiger partial charge is 0.454 e. The molecule has 7 nitrogen and oxygen atoms in total. The van der Waals surface area contributed by atoms with Crippen LogP contribution in [0.15, 0.2) is 24.3 Å². The Labute approximate surface area is 173 Å². The highest BCUT2D eigenvalue weighted by molar-refractivity contribution is 5.77. The van der Waals surface area contributed by atoms with Crippen molar-refractivity contribution >= 4 is 23.1 Å². The molecule has 164 valence electrons. The van der Waals surface area contributed by atoms with E-state index in [4.69, 9.17) is 9.47 Å². The lowest BCUT2D eigenvalue weighted by molar-refractivity contribution is -0.156. The van der Waals surface area contributed by atoms with Crippen LogP contribution in [0.1, 0.15) is 59.0 Å². The van der Waals surface area contributed by atoms with Gasteiger partial charge < -0.3 is 14.4 Å². The number of nitrogens with zero attached hydrogens (tertiary/aromatic N) is 3. The van der Waals surface area contributed by atoms with Crippen molar-refractivity contribution in [3.8, 4) is 0 Å². The zero-order valence-corrected chi connectivity index (χ0v) is 17.6. The number of carbonyl (C=O) groups excluding carboxylic acids is 2. The fraction of sp³-hybridized carbons (Fsp3) is 0.571. The summed E-state index contributed by atoms with van der Waals surface area (Å²) in [6.45, 7) is 4.87. The maximum absolute atomic E-state index is 13.6. The Morgan fingerprint density at radius 2 is 1.80 bits per heavy atom. The molecule has 0 aliphatic carbocycles. The van der Waals surface area contributed by atoms with E-state index in [2.05, 4.69) is 4.98 Å². The summed E-state index contributed by atoms with van der Waals surface area (Å²) >= 11 is 0. The van der Waals surface area contributed by atoms with Crippen molar-refractivity contribution in [2.45, 2.75) is 58.8 Å². The van der Waals surface area contributed by atoms with Crippen molar-refractivity contribution in [3.05, 3.63) is 30.1 Å². The molecule has 0 N–H and O–H groups in total. The molecule has 30 heavy (non-hydrogen) atoms. The molecule has 0 bridgehead atoms. The molecule has 1 aromatic heterocycles. The van der Waals surface area contributed by atoms with Gasteiger partial charge in [-0.15, -0.1) is 0 Å². The Bertz CT molecular complexity index is 915. The molecule has 1 atom stereocenters. The maximum atomic E-state index is 13.6.